The van der Waals surface area contributed by atoms with Crippen molar-refractivity contribution in [2.75, 3.05) is 6.61 Å². The Morgan fingerprint density at radius 2 is 2.38 bits per heavy atom. The Morgan fingerprint density at radius 3 is 3.00 bits per heavy atom. The third-order valence-corrected chi connectivity index (χ3v) is 2.00. The summed E-state index contributed by atoms with van der Waals surface area (Å²) in [4.78, 5) is 4.08. The van der Waals surface area contributed by atoms with Crippen LogP contribution in [0, 0.1) is 11.3 Å². The summed E-state index contributed by atoms with van der Waals surface area (Å²) in [6.07, 6.45) is -0.741. The molecule has 88 valence electrons. The Morgan fingerprint density at radius 1 is 1.62 bits per heavy atom. The first-order chi connectivity index (χ1) is 7.67. The number of rotatable bonds is 6. The fourth-order valence-corrected chi connectivity index (χ4v) is 1.22. The first-order valence-electron chi connectivity index (χ1n) is 5.16. The molecule has 1 aromatic heterocycles. The molecule has 0 spiro atoms. The predicted octanol–water partition coefficient (Wildman–Crippen LogP) is 0.984. The molecule has 0 aliphatic heterocycles. The summed E-state index contributed by atoms with van der Waals surface area (Å²) in [7, 11) is 0. The third kappa shape index (κ3) is 3.61. The number of aliphatic hydroxyl groups is 1. The van der Waals surface area contributed by atoms with Gasteiger partial charge in [-0.25, -0.2) is 0 Å². The lowest BCUT2D eigenvalue weighted by molar-refractivity contribution is 0.0683. The molecule has 6 nitrogen and oxygen atoms in total. The van der Waals surface area contributed by atoms with Crippen LogP contribution in [0.3, 0.4) is 0 Å². The van der Waals surface area contributed by atoms with Gasteiger partial charge in [-0.1, -0.05) is 5.16 Å². The molecule has 0 radical (unpaired) electrons. The molecule has 0 aliphatic rings. The van der Waals surface area contributed by atoms with Gasteiger partial charge >= 0.3 is 0 Å². The predicted molar refractivity (Wildman–Crippen MR) is 54.3 cm³/mol. The maximum atomic E-state index is 9.37. The molecule has 6 heteroatoms. The number of hydrogen-bond donors (Lipinski definition) is 1. The third-order valence-electron chi connectivity index (χ3n) is 2.00. The molecule has 1 rings (SSSR count). The highest BCUT2D eigenvalue weighted by atomic mass is 16.5. The van der Waals surface area contributed by atoms with Crippen molar-refractivity contribution >= 4 is 0 Å². The number of aromatic nitrogens is 2. The molecular weight excluding hydrogens is 210 g/mol. The molecule has 0 aromatic carbocycles. The molecule has 0 saturated carbocycles. The van der Waals surface area contributed by atoms with E-state index in [1.54, 1.807) is 0 Å². The van der Waals surface area contributed by atoms with E-state index in [9.17, 15) is 5.11 Å². The minimum atomic E-state index is -0.763. The summed E-state index contributed by atoms with van der Waals surface area (Å²) in [6.45, 7) is 4.28. The highest BCUT2D eigenvalue weighted by molar-refractivity contribution is 4.92. The van der Waals surface area contributed by atoms with Gasteiger partial charge in [0.15, 0.2) is 5.82 Å². The van der Waals surface area contributed by atoms with E-state index in [4.69, 9.17) is 14.5 Å². The molecule has 1 N–H and O–H groups in total. The Balaban J connectivity index is 2.54. The molecule has 2 unspecified atom stereocenters. The van der Waals surface area contributed by atoms with Gasteiger partial charge in [-0.05, 0) is 13.8 Å². The summed E-state index contributed by atoms with van der Waals surface area (Å²) in [5.74, 6) is 0.783. The molecule has 0 saturated heterocycles. The fourth-order valence-electron chi connectivity index (χ4n) is 1.22. The molecule has 0 fully saturated rings. The maximum absolute atomic E-state index is 9.37. The normalized spacial score (nSPS) is 14.4. The minimum absolute atomic E-state index is 0.0543. The van der Waals surface area contributed by atoms with Gasteiger partial charge in [0.25, 0.3) is 0 Å². The average molecular weight is 225 g/mol. The van der Waals surface area contributed by atoms with Crippen molar-refractivity contribution in [3.8, 4) is 6.07 Å². The van der Waals surface area contributed by atoms with E-state index in [0.717, 1.165) is 0 Å². The van der Waals surface area contributed by atoms with Crippen LogP contribution in [-0.4, -0.2) is 28.0 Å². The Hall–Kier alpha value is -1.45. The summed E-state index contributed by atoms with van der Waals surface area (Å²) in [5, 5.41) is 21.5. The summed E-state index contributed by atoms with van der Waals surface area (Å²) >= 11 is 0. The summed E-state index contributed by atoms with van der Waals surface area (Å²) in [6, 6.07) is 1.87. The van der Waals surface area contributed by atoms with Gasteiger partial charge in [-0.15, -0.1) is 0 Å². The Kier molecular flexibility index (Phi) is 4.89. The first kappa shape index (κ1) is 12.6. The van der Waals surface area contributed by atoms with Crippen molar-refractivity contribution in [3.05, 3.63) is 11.7 Å². The van der Waals surface area contributed by atoms with Gasteiger partial charge < -0.3 is 14.4 Å². The SMILES string of the molecule is CCOC(C)c1noc(CC(O)CC#N)n1. The van der Waals surface area contributed by atoms with Gasteiger partial charge in [0.2, 0.25) is 5.89 Å². The van der Waals surface area contributed by atoms with Crippen molar-refractivity contribution in [2.24, 2.45) is 0 Å². The van der Waals surface area contributed by atoms with Crippen molar-refractivity contribution in [1.82, 2.24) is 10.1 Å². The van der Waals surface area contributed by atoms with E-state index in [2.05, 4.69) is 10.1 Å². The molecule has 1 heterocycles. The largest absolute Gasteiger partial charge is 0.392 e. The second-order valence-electron chi connectivity index (χ2n) is 3.36. The highest BCUT2D eigenvalue weighted by Gasteiger charge is 2.16. The van der Waals surface area contributed by atoms with Crippen LogP contribution in [0.15, 0.2) is 4.52 Å². The van der Waals surface area contributed by atoms with Crippen LogP contribution < -0.4 is 0 Å². The standard InChI is InChI=1S/C10H15N3O3/c1-3-15-7(2)10-12-9(16-13-10)6-8(14)4-5-11/h7-8,14H,3-4,6H2,1-2H3. The molecule has 0 amide bonds. The van der Waals surface area contributed by atoms with E-state index in [1.807, 2.05) is 19.9 Å². The van der Waals surface area contributed by atoms with E-state index in [0.29, 0.717) is 18.3 Å². The van der Waals surface area contributed by atoms with Crippen LogP contribution >= 0.6 is 0 Å². The number of hydrogen-bond acceptors (Lipinski definition) is 6. The van der Waals surface area contributed by atoms with Gasteiger partial charge in [-0.2, -0.15) is 10.2 Å². The van der Waals surface area contributed by atoms with Crippen LogP contribution in [-0.2, 0) is 11.2 Å². The van der Waals surface area contributed by atoms with Crippen LogP contribution in [0.4, 0.5) is 0 Å². The molecule has 2 atom stereocenters. The summed E-state index contributed by atoms with van der Waals surface area (Å²) < 4.78 is 10.2. The Labute approximate surface area is 93.8 Å². The second-order valence-corrected chi connectivity index (χ2v) is 3.36. The fraction of sp³-hybridized carbons (Fsp3) is 0.700. The first-order valence-corrected chi connectivity index (χ1v) is 5.16. The zero-order valence-corrected chi connectivity index (χ0v) is 9.38. The minimum Gasteiger partial charge on any atom is -0.392 e. The number of aliphatic hydroxyl groups excluding tert-OH is 1. The van der Waals surface area contributed by atoms with E-state index in [-0.39, 0.29) is 18.9 Å². The Bertz CT molecular complexity index is 358. The van der Waals surface area contributed by atoms with Gasteiger partial charge in [0.05, 0.1) is 25.0 Å². The van der Waals surface area contributed by atoms with Crippen molar-refractivity contribution in [1.29, 1.82) is 5.26 Å². The molecular formula is C10H15N3O3. The topological polar surface area (TPSA) is 92.2 Å². The van der Waals surface area contributed by atoms with Crippen molar-refractivity contribution in [3.63, 3.8) is 0 Å². The number of nitriles is 1. The number of nitrogens with zero attached hydrogens (tertiary/aromatic N) is 3. The highest BCUT2D eigenvalue weighted by Crippen LogP contribution is 2.13. The van der Waals surface area contributed by atoms with Crippen LogP contribution in [0.25, 0.3) is 0 Å². The van der Waals surface area contributed by atoms with Crippen LogP contribution in [0.5, 0.6) is 0 Å². The monoisotopic (exact) mass is 225 g/mol. The molecule has 16 heavy (non-hydrogen) atoms. The smallest absolute Gasteiger partial charge is 0.229 e. The second kappa shape index (κ2) is 6.20. The van der Waals surface area contributed by atoms with Crippen molar-refractivity contribution < 1.29 is 14.4 Å². The van der Waals surface area contributed by atoms with E-state index in [1.165, 1.54) is 0 Å². The maximum Gasteiger partial charge on any atom is 0.229 e. The average Bonchev–Trinajstić information content (AvgIpc) is 2.67. The van der Waals surface area contributed by atoms with Crippen molar-refractivity contribution in [2.45, 2.75) is 38.9 Å². The lowest BCUT2D eigenvalue weighted by atomic mass is 10.2. The summed E-state index contributed by atoms with van der Waals surface area (Å²) in [5.41, 5.74) is 0. The van der Waals surface area contributed by atoms with Crippen LogP contribution in [0.1, 0.15) is 38.1 Å². The number of ether oxygens (including phenoxy) is 1. The van der Waals surface area contributed by atoms with Crippen LogP contribution in [0.2, 0.25) is 0 Å². The van der Waals surface area contributed by atoms with E-state index < -0.39 is 6.10 Å². The quantitative estimate of drug-likeness (QED) is 0.775. The zero-order chi connectivity index (χ0) is 12.0. The van der Waals surface area contributed by atoms with E-state index >= 15 is 0 Å². The lowest BCUT2D eigenvalue weighted by Gasteiger charge is -2.04. The van der Waals surface area contributed by atoms with Gasteiger partial charge in [0.1, 0.15) is 6.10 Å². The van der Waals surface area contributed by atoms with Gasteiger partial charge in [0, 0.05) is 6.61 Å². The van der Waals surface area contributed by atoms with Gasteiger partial charge in [-0.3, -0.25) is 0 Å². The molecule has 0 bridgehead atoms. The molecule has 1 aromatic rings. The zero-order valence-electron chi connectivity index (χ0n) is 9.38. The molecule has 0 aliphatic carbocycles. The lowest BCUT2D eigenvalue weighted by Crippen LogP contribution is -2.09.